The fourth-order valence-corrected chi connectivity index (χ4v) is 3.08. The highest BCUT2D eigenvalue weighted by Gasteiger charge is 2.16. The first-order valence-electron chi connectivity index (χ1n) is 4.44. The second kappa shape index (κ2) is 8.83. The Kier molecular flexibility index (Phi) is 9.83. The Labute approximate surface area is 129 Å². The molecule has 0 aliphatic carbocycles. The molecular weight excluding hydrogens is 495 g/mol. The molecule has 8 heteroatoms. The molecule has 2 unspecified atom stereocenters. The number of rotatable bonds is 7. The lowest BCUT2D eigenvalue weighted by atomic mass is 10.1. The van der Waals surface area contributed by atoms with E-state index in [9.17, 15) is 4.57 Å². The molecule has 0 aromatic heterocycles. The zero-order valence-corrected chi connectivity index (χ0v) is 15.6. The van der Waals surface area contributed by atoms with Crippen LogP contribution >= 0.6 is 71.3 Å². The van der Waals surface area contributed by atoms with Gasteiger partial charge in [0.1, 0.15) is 0 Å². The monoisotopic (exact) mass is 504 g/mol. The van der Waals surface area contributed by atoms with E-state index in [4.69, 9.17) is 9.79 Å². The number of hydrogen-bond donors (Lipinski definition) is 2. The predicted octanol–water partition coefficient (Wildman–Crippen LogP) is 4.15. The van der Waals surface area contributed by atoms with Gasteiger partial charge in [0.05, 0.1) is 0 Å². The van der Waals surface area contributed by atoms with Crippen molar-refractivity contribution in [1.82, 2.24) is 0 Å². The van der Waals surface area contributed by atoms with Crippen molar-refractivity contribution in [3.63, 3.8) is 0 Å². The summed E-state index contributed by atoms with van der Waals surface area (Å²) in [5, 5.41) is 1.49. The maximum atomic E-state index is 10.9. The van der Waals surface area contributed by atoms with Crippen LogP contribution in [0.1, 0.15) is 12.8 Å². The van der Waals surface area contributed by atoms with Crippen molar-refractivity contribution in [2.24, 2.45) is 0 Å². The summed E-state index contributed by atoms with van der Waals surface area (Å²) in [5.74, 6) is 1.07. The molecule has 96 valence electrons. The average molecular weight is 508 g/mol. The van der Waals surface area contributed by atoms with E-state index in [0.29, 0.717) is 12.8 Å². The van der Waals surface area contributed by atoms with Gasteiger partial charge in [0.25, 0.3) is 0 Å². The lowest BCUT2D eigenvalue weighted by molar-refractivity contribution is 0.385. The molecule has 0 fully saturated rings. The Morgan fingerprint density at radius 2 is 1.50 bits per heavy atom. The molecule has 0 aliphatic rings. The molecule has 0 saturated heterocycles. The van der Waals surface area contributed by atoms with Crippen molar-refractivity contribution >= 4 is 71.3 Å². The quantitative estimate of drug-likeness (QED) is 0.402. The topological polar surface area (TPSA) is 57.5 Å². The molecule has 0 amide bonds. The highest BCUT2D eigenvalue weighted by molar-refractivity contribution is 9.12. The maximum Gasteiger partial charge on any atom is 0.349 e. The molecule has 2 N–H and O–H groups in total. The first-order chi connectivity index (χ1) is 7.28. The van der Waals surface area contributed by atoms with Crippen molar-refractivity contribution in [3.05, 3.63) is 11.4 Å². The molecule has 0 radical (unpaired) electrons. The van der Waals surface area contributed by atoms with E-state index in [0.717, 1.165) is 22.1 Å². The van der Waals surface area contributed by atoms with Crippen LogP contribution in [0.3, 0.4) is 0 Å². The van der Waals surface area contributed by atoms with Crippen LogP contribution in [-0.2, 0) is 4.57 Å². The van der Waals surface area contributed by atoms with Crippen LogP contribution in [0.4, 0.5) is 0 Å². The average Bonchev–Trinajstić information content (AvgIpc) is 2.14. The summed E-state index contributed by atoms with van der Waals surface area (Å²) < 4.78 is 10.9. The van der Waals surface area contributed by atoms with Gasteiger partial charge in [0, 0.05) is 26.1 Å². The molecule has 2 atom stereocenters. The Balaban J connectivity index is 4.64. The molecule has 0 heterocycles. The van der Waals surface area contributed by atoms with Crippen LogP contribution < -0.4 is 0 Å². The fourth-order valence-electron chi connectivity index (χ4n) is 1.10. The van der Waals surface area contributed by atoms with E-state index < -0.39 is 7.60 Å². The van der Waals surface area contributed by atoms with Gasteiger partial charge in [0.15, 0.2) is 0 Å². The number of allylic oxidation sites excluding steroid dienone is 1. The standard InChI is InChI=1S/C8H13Br4O3P/c9-3-7(11)1-6(2-8(12)4-10)5-16(13,14)15/h5,7-8H,1-4H2,(H2,13,14,15). The first kappa shape index (κ1) is 17.8. The fraction of sp³-hybridized carbons (Fsp3) is 0.750. The largest absolute Gasteiger partial charge is 0.349 e. The minimum atomic E-state index is -4.09. The van der Waals surface area contributed by atoms with Crippen LogP contribution in [0.15, 0.2) is 11.4 Å². The van der Waals surface area contributed by atoms with E-state index in [-0.39, 0.29) is 9.65 Å². The third kappa shape index (κ3) is 9.80. The van der Waals surface area contributed by atoms with Gasteiger partial charge in [-0.05, 0) is 12.8 Å². The summed E-state index contributed by atoms with van der Waals surface area (Å²) in [6.45, 7) is 0. The van der Waals surface area contributed by atoms with Crippen LogP contribution in [0.2, 0.25) is 0 Å². The van der Waals surface area contributed by atoms with Gasteiger partial charge in [-0.15, -0.1) is 0 Å². The van der Waals surface area contributed by atoms with E-state index in [1.165, 1.54) is 0 Å². The number of halogens is 4. The Bertz CT molecular complexity index is 264. The van der Waals surface area contributed by atoms with Crippen LogP contribution in [0.5, 0.6) is 0 Å². The lowest BCUT2D eigenvalue weighted by Gasteiger charge is -2.14. The molecule has 16 heavy (non-hydrogen) atoms. The molecule has 0 rings (SSSR count). The van der Waals surface area contributed by atoms with Crippen LogP contribution in [0.25, 0.3) is 0 Å². The Morgan fingerprint density at radius 3 is 1.75 bits per heavy atom. The second-order valence-corrected chi connectivity index (χ2v) is 8.61. The summed E-state index contributed by atoms with van der Waals surface area (Å²) in [6.07, 6.45) is 1.23. The SMILES string of the molecule is O=P(O)(O)C=C(CC(Br)CBr)CC(Br)CBr. The van der Waals surface area contributed by atoms with Crippen molar-refractivity contribution in [2.75, 3.05) is 10.7 Å². The van der Waals surface area contributed by atoms with Gasteiger partial charge in [-0.25, -0.2) is 0 Å². The van der Waals surface area contributed by atoms with Gasteiger partial charge in [-0.1, -0.05) is 69.3 Å². The van der Waals surface area contributed by atoms with Crippen LogP contribution in [-0.4, -0.2) is 30.1 Å². The smallest absolute Gasteiger partial charge is 0.321 e. The highest BCUT2D eigenvalue weighted by atomic mass is 79.9. The van der Waals surface area contributed by atoms with Crippen molar-refractivity contribution in [1.29, 1.82) is 0 Å². The van der Waals surface area contributed by atoms with Gasteiger partial charge in [-0.3, -0.25) is 4.57 Å². The lowest BCUT2D eigenvalue weighted by Crippen LogP contribution is -2.07. The summed E-state index contributed by atoms with van der Waals surface area (Å²) in [5.41, 5.74) is 0.760. The third-order valence-corrected chi connectivity index (χ3v) is 6.95. The van der Waals surface area contributed by atoms with Gasteiger partial charge >= 0.3 is 7.60 Å². The maximum absolute atomic E-state index is 10.9. The highest BCUT2D eigenvalue weighted by Crippen LogP contribution is 2.40. The van der Waals surface area contributed by atoms with Crippen LogP contribution in [0, 0.1) is 0 Å². The summed E-state index contributed by atoms with van der Waals surface area (Å²) in [4.78, 5) is 18.2. The summed E-state index contributed by atoms with van der Waals surface area (Å²) in [7, 11) is -4.09. The Hall–Kier alpha value is 1.81. The summed E-state index contributed by atoms with van der Waals surface area (Å²) in [6, 6.07) is 0. The van der Waals surface area contributed by atoms with Gasteiger partial charge in [0.2, 0.25) is 0 Å². The third-order valence-electron chi connectivity index (χ3n) is 1.65. The minimum absolute atomic E-state index is 0.181. The molecular formula is C8H13Br4O3P. The number of alkyl halides is 4. The molecule has 0 aromatic carbocycles. The van der Waals surface area contributed by atoms with Gasteiger partial charge < -0.3 is 9.79 Å². The van der Waals surface area contributed by atoms with Crippen molar-refractivity contribution in [2.45, 2.75) is 22.5 Å². The van der Waals surface area contributed by atoms with Crippen molar-refractivity contribution < 1.29 is 14.4 Å². The Morgan fingerprint density at radius 1 is 1.12 bits per heavy atom. The van der Waals surface area contributed by atoms with E-state index in [1.807, 2.05) is 0 Å². The molecule has 0 bridgehead atoms. The van der Waals surface area contributed by atoms with E-state index in [1.54, 1.807) is 0 Å². The zero-order chi connectivity index (χ0) is 12.8. The first-order valence-corrected chi connectivity index (χ1v) is 10.2. The van der Waals surface area contributed by atoms with E-state index >= 15 is 0 Å². The zero-order valence-electron chi connectivity index (χ0n) is 8.32. The number of hydrogen-bond acceptors (Lipinski definition) is 1. The minimum Gasteiger partial charge on any atom is -0.321 e. The second-order valence-electron chi connectivity index (χ2n) is 3.29. The summed E-state index contributed by atoms with van der Waals surface area (Å²) >= 11 is 13.5. The van der Waals surface area contributed by atoms with Gasteiger partial charge in [-0.2, -0.15) is 0 Å². The van der Waals surface area contributed by atoms with E-state index in [2.05, 4.69) is 63.7 Å². The predicted molar refractivity (Wildman–Crippen MR) is 82.4 cm³/mol. The molecule has 0 aromatic rings. The van der Waals surface area contributed by atoms with Crippen molar-refractivity contribution in [3.8, 4) is 0 Å². The normalized spacial score (nSPS) is 15.6. The molecule has 0 spiro atoms. The molecule has 3 nitrogen and oxygen atoms in total. The molecule has 0 saturated carbocycles. The molecule has 0 aliphatic heterocycles.